The summed E-state index contributed by atoms with van der Waals surface area (Å²) in [6.07, 6.45) is 6.52. The van der Waals surface area contributed by atoms with Gasteiger partial charge in [0.1, 0.15) is 17.7 Å². The summed E-state index contributed by atoms with van der Waals surface area (Å²) < 4.78 is 74.9. The lowest BCUT2D eigenvalue weighted by Gasteiger charge is -2.37. The SMILES string of the molecule is COC(=O)N[C@H](C(=O)C1[C@@H]2CC[C@@H](C2)[C@H]1c1ncc(-c2ccc3c(c2)C(F)(F)C(F)(F)c2cc(-c4cnc([C@@H]5[C@H]6CC[C@H](C6)N5C(=O)[C@@H](NC(=O)OC)C(C)C)[nH]4)ccc2-3)[nH]1)C(C)C. The average Bonchev–Trinajstić information content (AvgIpc) is 4.15. The van der Waals surface area contributed by atoms with Crippen molar-refractivity contribution in [3.05, 3.63) is 71.6 Å². The number of amides is 3. The molecule has 5 aliphatic rings. The van der Waals surface area contributed by atoms with Crippen LogP contribution in [-0.4, -0.2) is 81.1 Å². The van der Waals surface area contributed by atoms with Crippen LogP contribution in [0, 0.1) is 35.5 Å². The summed E-state index contributed by atoms with van der Waals surface area (Å²) in [5, 5.41) is 5.35. The van der Waals surface area contributed by atoms with Crippen LogP contribution in [0.1, 0.15) is 101 Å². The molecular weight excluding hydrogens is 835 g/mol. The molecule has 0 radical (unpaired) electrons. The third kappa shape index (κ3) is 6.95. The fraction of sp³-hybridized carbons (Fsp3) is 0.532. The van der Waals surface area contributed by atoms with Gasteiger partial charge < -0.3 is 35.0 Å². The van der Waals surface area contributed by atoms with Crippen molar-refractivity contribution in [3.63, 3.8) is 0 Å². The van der Waals surface area contributed by atoms with Crippen LogP contribution in [-0.2, 0) is 30.9 Å². The van der Waals surface area contributed by atoms with Crippen molar-refractivity contribution >= 4 is 23.9 Å². The van der Waals surface area contributed by atoms with Crippen molar-refractivity contribution in [1.29, 1.82) is 0 Å². The van der Waals surface area contributed by atoms with Crippen molar-refractivity contribution < 1.29 is 46.2 Å². The Morgan fingerprint density at radius 1 is 0.703 bits per heavy atom. The molecule has 13 nitrogen and oxygen atoms in total. The number of ether oxygens (including phenoxy) is 2. The Hall–Kier alpha value is -5.74. The number of alkyl halides is 4. The number of hydrogen-bond acceptors (Lipinski definition) is 8. The second-order valence-corrected chi connectivity index (χ2v) is 19.0. The van der Waals surface area contributed by atoms with Crippen LogP contribution in [0.3, 0.4) is 0 Å². The number of rotatable bonds is 11. The quantitative estimate of drug-likeness (QED) is 0.108. The molecule has 3 saturated carbocycles. The summed E-state index contributed by atoms with van der Waals surface area (Å²) in [4.78, 5) is 69.9. The summed E-state index contributed by atoms with van der Waals surface area (Å²) in [6.45, 7) is 7.36. The highest BCUT2D eigenvalue weighted by atomic mass is 19.3. The van der Waals surface area contributed by atoms with Gasteiger partial charge in [-0.25, -0.2) is 19.6 Å². The van der Waals surface area contributed by atoms with E-state index in [0.29, 0.717) is 23.0 Å². The molecule has 0 spiro atoms. The number of piperidine rings is 1. The number of H-pyrrole nitrogens is 2. The number of likely N-dealkylation sites (tertiary alicyclic amines) is 1. The van der Waals surface area contributed by atoms with E-state index in [1.165, 1.54) is 38.7 Å². The van der Waals surface area contributed by atoms with Crippen LogP contribution in [0.2, 0.25) is 0 Å². The number of fused-ring (bicyclic) bond motifs is 7. The van der Waals surface area contributed by atoms with Crippen LogP contribution in [0.4, 0.5) is 27.2 Å². The molecule has 9 rings (SSSR count). The fourth-order valence-corrected chi connectivity index (χ4v) is 11.6. The minimum absolute atomic E-state index is 0.0285. The predicted molar refractivity (Wildman–Crippen MR) is 226 cm³/mol. The van der Waals surface area contributed by atoms with Crippen LogP contribution in [0.15, 0.2) is 48.8 Å². The van der Waals surface area contributed by atoms with E-state index in [-0.39, 0.29) is 75.5 Å². The number of benzene rings is 2. The molecule has 4 fully saturated rings. The van der Waals surface area contributed by atoms with Crippen molar-refractivity contribution in [2.45, 2.75) is 108 Å². The van der Waals surface area contributed by atoms with Crippen molar-refractivity contribution in [2.75, 3.05) is 14.2 Å². The first-order valence-electron chi connectivity index (χ1n) is 22.2. The van der Waals surface area contributed by atoms with E-state index in [0.717, 1.165) is 50.7 Å². The Morgan fingerprint density at radius 2 is 1.22 bits per heavy atom. The molecule has 3 amide bonds. The van der Waals surface area contributed by atoms with Gasteiger partial charge in [-0.2, -0.15) is 17.6 Å². The van der Waals surface area contributed by atoms with Crippen molar-refractivity contribution in [2.24, 2.45) is 35.5 Å². The molecule has 9 atom stereocenters. The minimum Gasteiger partial charge on any atom is -0.453 e. The topological polar surface area (TPSA) is 171 Å². The van der Waals surface area contributed by atoms with Gasteiger partial charge in [0.05, 0.1) is 50.1 Å². The number of nitrogens with one attached hydrogen (secondary N) is 4. The lowest BCUT2D eigenvalue weighted by Crippen LogP contribution is -2.54. The number of carbonyl (C=O) groups is 4. The van der Waals surface area contributed by atoms with Crippen LogP contribution < -0.4 is 10.6 Å². The maximum Gasteiger partial charge on any atom is 0.407 e. The van der Waals surface area contributed by atoms with Crippen molar-refractivity contribution in [1.82, 2.24) is 35.5 Å². The Labute approximate surface area is 367 Å². The van der Waals surface area contributed by atoms with Gasteiger partial charge in [-0.05, 0) is 91.4 Å². The zero-order chi connectivity index (χ0) is 45.6. The molecule has 1 unspecified atom stereocenters. The summed E-state index contributed by atoms with van der Waals surface area (Å²) in [6, 6.07) is 6.06. The van der Waals surface area contributed by atoms with Crippen LogP contribution in [0.5, 0.6) is 0 Å². The Kier molecular flexibility index (Phi) is 10.9. The van der Waals surface area contributed by atoms with E-state index in [1.54, 1.807) is 17.0 Å². The Morgan fingerprint density at radius 3 is 1.78 bits per heavy atom. The monoisotopic (exact) mass is 887 g/mol. The fourth-order valence-electron chi connectivity index (χ4n) is 11.6. The molecular formula is C47H53F4N7O6. The second kappa shape index (κ2) is 16.1. The van der Waals surface area contributed by atoms with Crippen molar-refractivity contribution in [3.8, 4) is 33.6 Å². The number of ketones is 1. The molecule has 1 aliphatic heterocycles. The second-order valence-electron chi connectivity index (χ2n) is 19.0. The standard InChI is InChI=1S/C47H53F4N7O6/c1-21(2)37(56-44(61)63-5)40(59)35-25-7-8-26(15-25)36(35)41-52-19-33(54-41)23-10-13-29-30-14-11-24(18-32(30)47(50,51)46(48,49)31(29)17-23)34-20-53-42(55-34)39-27-9-12-28(16-27)58(39)43(60)38(22(3)4)57-45(62)64-6/h10-11,13-14,17-22,25-28,35-39H,7-9,12,15-16H2,1-6H3,(H,52,54)(H,53,55)(H,56,61)(H,57,62)/t25-,26+,27+,28-,35?,36-,37+,38+,39+/m1/s1. The number of halogens is 4. The number of alkyl carbamates (subject to hydrolysis) is 2. The summed E-state index contributed by atoms with van der Waals surface area (Å²) in [5.41, 5.74) is -0.555. The highest BCUT2D eigenvalue weighted by molar-refractivity contribution is 5.91. The Bertz CT molecular complexity index is 2330. The average molecular weight is 888 g/mol. The zero-order valence-electron chi connectivity index (χ0n) is 36.5. The first-order chi connectivity index (χ1) is 30.4. The maximum atomic E-state index is 16.3. The molecule has 340 valence electrons. The third-order valence-electron chi connectivity index (χ3n) is 14.7. The van der Waals surface area contributed by atoms with Gasteiger partial charge in [-0.3, -0.25) is 9.59 Å². The smallest absolute Gasteiger partial charge is 0.407 e. The van der Waals surface area contributed by atoms with E-state index >= 15 is 17.6 Å². The number of aromatic nitrogens is 4. The molecule has 4 bridgehead atoms. The molecule has 4 N–H and O–H groups in total. The number of nitrogens with zero attached hydrogens (tertiary/aromatic N) is 3. The van der Waals surface area contributed by atoms with Gasteiger partial charge in [0.2, 0.25) is 5.91 Å². The first-order valence-corrected chi connectivity index (χ1v) is 22.2. The van der Waals surface area contributed by atoms with Gasteiger partial charge in [-0.15, -0.1) is 0 Å². The molecule has 2 aromatic heterocycles. The summed E-state index contributed by atoms with van der Waals surface area (Å²) in [7, 11) is 2.47. The normalized spacial score (nSPS) is 26.7. The number of carbonyl (C=O) groups excluding carboxylic acids is 4. The van der Waals surface area contributed by atoms with Gasteiger partial charge in [0, 0.05) is 40.1 Å². The van der Waals surface area contributed by atoms with Gasteiger partial charge in [0.25, 0.3) is 0 Å². The first kappa shape index (κ1) is 43.5. The van der Waals surface area contributed by atoms with Crippen LogP contribution in [0.25, 0.3) is 33.6 Å². The number of aromatic amines is 2. The van der Waals surface area contributed by atoms with Gasteiger partial charge in [0.15, 0.2) is 5.78 Å². The van der Waals surface area contributed by atoms with Crippen LogP contribution >= 0.6 is 0 Å². The zero-order valence-corrected chi connectivity index (χ0v) is 36.5. The van der Waals surface area contributed by atoms with Gasteiger partial charge >= 0.3 is 24.0 Å². The van der Waals surface area contributed by atoms with E-state index < -0.39 is 59.2 Å². The lowest BCUT2D eigenvalue weighted by molar-refractivity contribution is -0.225. The Balaban J connectivity index is 0.993. The van der Waals surface area contributed by atoms with E-state index in [1.807, 2.05) is 27.7 Å². The van der Waals surface area contributed by atoms with E-state index in [4.69, 9.17) is 9.47 Å². The number of hydrogen-bond donors (Lipinski definition) is 4. The molecule has 1 saturated heterocycles. The van der Waals surface area contributed by atoms with E-state index in [9.17, 15) is 19.2 Å². The molecule has 4 aromatic rings. The molecule has 2 aromatic carbocycles. The minimum atomic E-state index is -4.60. The largest absolute Gasteiger partial charge is 0.453 e. The maximum absolute atomic E-state index is 16.3. The third-order valence-corrected chi connectivity index (χ3v) is 14.7. The molecule has 17 heteroatoms. The lowest BCUT2D eigenvalue weighted by atomic mass is 9.73. The highest BCUT2D eigenvalue weighted by Crippen LogP contribution is 2.60. The van der Waals surface area contributed by atoms with Gasteiger partial charge in [-0.1, -0.05) is 52.0 Å². The molecule has 4 aliphatic carbocycles. The highest BCUT2D eigenvalue weighted by Gasteiger charge is 2.63. The number of imidazole rings is 2. The predicted octanol–water partition coefficient (Wildman–Crippen LogP) is 8.84. The molecule has 64 heavy (non-hydrogen) atoms. The summed E-state index contributed by atoms with van der Waals surface area (Å²) >= 11 is 0. The van der Waals surface area contributed by atoms with E-state index in [2.05, 4.69) is 30.6 Å². The molecule has 3 heterocycles. The summed E-state index contributed by atoms with van der Waals surface area (Å²) in [5.74, 6) is -9.43. The number of methoxy groups -OCH3 is 2. The number of Topliss-reactive ketones (excluding diaryl/α,β-unsaturated/α-hetero) is 1.